The molecule has 0 fully saturated rings. The maximum absolute atomic E-state index is 12.0. The molecule has 0 radical (unpaired) electrons. The Morgan fingerprint density at radius 1 is 1.21 bits per heavy atom. The molecule has 1 aromatic carbocycles. The molecule has 0 aliphatic heterocycles. The molecule has 0 atom stereocenters. The van der Waals surface area contributed by atoms with Crippen LogP contribution in [-0.4, -0.2) is 38.5 Å². The lowest BCUT2D eigenvalue weighted by Crippen LogP contribution is -2.41. The Kier molecular flexibility index (Phi) is 9.93. The van der Waals surface area contributed by atoms with Gasteiger partial charge in [0, 0.05) is 30.2 Å². The Bertz CT molecular complexity index is 674. The normalized spacial score (nSPS) is 12.5. The van der Waals surface area contributed by atoms with E-state index in [-0.39, 0.29) is 36.3 Å². The minimum atomic E-state index is -3.16. The summed E-state index contributed by atoms with van der Waals surface area (Å²) in [4.78, 5) is 4.06. The number of nitrogens with one attached hydrogen (secondary N) is 2. The van der Waals surface area contributed by atoms with Crippen LogP contribution in [0, 0.1) is 0 Å². The lowest BCUT2D eigenvalue weighted by Gasteiger charge is -2.20. The quantitative estimate of drug-likeness (QED) is 0.363. The Labute approximate surface area is 171 Å². The van der Waals surface area contributed by atoms with Gasteiger partial charge in [-0.15, -0.1) is 24.0 Å². The third kappa shape index (κ3) is 7.33. The SMILES string of the molecule is CN=C(NCCS(=O)(=O)C(C)(C)C)NCc1ccc(Cl)cc1Cl.I. The molecule has 0 heterocycles. The number of hydrogen-bond acceptors (Lipinski definition) is 3. The third-order valence-corrected chi connectivity index (χ3v) is 6.48. The van der Waals surface area contributed by atoms with Gasteiger partial charge in [-0.1, -0.05) is 29.3 Å². The Morgan fingerprint density at radius 2 is 1.83 bits per heavy atom. The molecule has 9 heteroatoms. The Morgan fingerprint density at radius 3 is 2.33 bits per heavy atom. The van der Waals surface area contributed by atoms with E-state index in [4.69, 9.17) is 23.2 Å². The van der Waals surface area contributed by atoms with Gasteiger partial charge in [0.05, 0.1) is 10.5 Å². The molecule has 1 rings (SSSR count). The number of halogens is 3. The van der Waals surface area contributed by atoms with Gasteiger partial charge in [0.15, 0.2) is 15.8 Å². The molecule has 0 bridgehead atoms. The number of guanidine groups is 1. The van der Waals surface area contributed by atoms with Crippen LogP contribution in [0.15, 0.2) is 23.2 Å². The van der Waals surface area contributed by atoms with Crippen LogP contribution in [0.2, 0.25) is 10.0 Å². The maximum atomic E-state index is 12.0. The molecule has 0 spiro atoms. The first-order chi connectivity index (χ1) is 10.6. The topological polar surface area (TPSA) is 70.6 Å². The fraction of sp³-hybridized carbons (Fsp3) is 0.533. The average molecular weight is 508 g/mol. The molecule has 24 heavy (non-hydrogen) atoms. The highest BCUT2D eigenvalue weighted by molar-refractivity contribution is 14.0. The van der Waals surface area contributed by atoms with Crippen molar-refractivity contribution in [2.75, 3.05) is 19.3 Å². The van der Waals surface area contributed by atoms with Crippen LogP contribution in [0.25, 0.3) is 0 Å². The van der Waals surface area contributed by atoms with Gasteiger partial charge in [0.2, 0.25) is 0 Å². The van der Waals surface area contributed by atoms with Gasteiger partial charge in [0.25, 0.3) is 0 Å². The summed E-state index contributed by atoms with van der Waals surface area (Å²) in [7, 11) is -1.54. The molecule has 0 unspecified atom stereocenters. The monoisotopic (exact) mass is 507 g/mol. The number of aliphatic imine (C=N–C) groups is 1. The molecule has 1 aromatic rings. The first-order valence-electron chi connectivity index (χ1n) is 7.17. The van der Waals surface area contributed by atoms with Crippen LogP contribution in [0.4, 0.5) is 0 Å². The van der Waals surface area contributed by atoms with Crippen molar-refractivity contribution in [2.24, 2.45) is 4.99 Å². The molecule has 0 saturated carbocycles. The van der Waals surface area contributed by atoms with Crippen LogP contribution < -0.4 is 10.6 Å². The zero-order chi connectivity index (χ0) is 17.7. The van der Waals surface area contributed by atoms with Gasteiger partial charge < -0.3 is 10.6 Å². The average Bonchev–Trinajstić information content (AvgIpc) is 2.42. The molecule has 0 saturated heterocycles. The molecule has 5 nitrogen and oxygen atoms in total. The van der Waals surface area contributed by atoms with Crippen LogP contribution in [-0.2, 0) is 16.4 Å². The van der Waals surface area contributed by atoms with Crippen LogP contribution >= 0.6 is 47.2 Å². The minimum Gasteiger partial charge on any atom is -0.355 e. The standard InChI is InChI=1S/C15H23Cl2N3O2S.HI/c1-15(2,3)23(21,22)8-7-19-14(18-4)20-10-11-5-6-12(16)9-13(11)17;/h5-6,9H,7-8,10H2,1-4H3,(H2,18,19,20);1H. The highest BCUT2D eigenvalue weighted by Gasteiger charge is 2.28. The molecule has 138 valence electrons. The van der Waals surface area contributed by atoms with Crippen molar-refractivity contribution in [3.8, 4) is 0 Å². The lowest BCUT2D eigenvalue weighted by molar-refractivity contribution is 0.559. The summed E-state index contributed by atoms with van der Waals surface area (Å²) < 4.78 is 23.3. The van der Waals surface area contributed by atoms with Gasteiger partial charge >= 0.3 is 0 Å². The molecular weight excluding hydrogens is 484 g/mol. The molecule has 0 aromatic heterocycles. The predicted octanol–water partition coefficient (Wildman–Crippen LogP) is 3.49. The summed E-state index contributed by atoms with van der Waals surface area (Å²) in [5.41, 5.74) is 0.876. The van der Waals surface area contributed by atoms with Crippen LogP contribution in [0.3, 0.4) is 0 Å². The van der Waals surface area contributed by atoms with E-state index in [1.807, 2.05) is 6.07 Å². The summed E-state index contributed by atoms with van der Waals surface area (Å²) in [6.07, 6.45) is 0. The van der Waals surface area contributed by atoms with E-state index in [0.29, 0.717) is 22.5 Å². The molecule has 0 amide bonds. The summed E-state index contributed by atoms with van der Waals surface area (Å²) >= 11 is 12.0. The minimum absolute atomic E-state index is 0. The third-order valence-electron chi connectivity index (χ3n) is 3.28. The van der Waals surface area contributed by atoms with Crippen molar-refractivity contribution in [1.82, 2.24) is 10.6 Å². The zero-order valence-electron chi connectivity index (χ0n) is 14.2. The fourth-order valence-electron chi connectivity index (χ4n) is 1.67. The molecular formula is C15H24Cl2IN3O2S. The number of nitrogens with zero attached hydrogens (tertiary/aromatic N) is 1. The molecule has 2 N–H and O–H groups in total. The van der Waals surface area contributed by atoms with Gasteiger partial charge in [-0.25, -0.2) is 8.42 Å². The Balaban J connectivity index is 0.00000529. The summed E-state index contributed by atoms with van der Waals surface area (Å²) in [6, 6.07) is 5.26. The first-order valence-corrected chi connectivity index (χ1v) is 9.58. The largest absolute Gasteiger partial charge is 0.355 e. The smallest absolute Gasteiger partial charge is 0.191 e. The number of hydrogen-bond donors (Lipinski definition) is 2. The van der Waals surface area contributed by atoms with E-state index in [1.54, 1.807) is 40.0 Å². The molecule has 0 aliphatic carbocycles. The van der Waals surface area contributed by atoms with Crippen molar-refractivity contribution < 1.29 is 8.42 Å². The second-order valence-electron chi connectivity index (χ2n) is 6.02. The van der Waals surface area contributed by atoms with Crippen molar-refractivity contribution in [3.63, 3.8) is 0 Å². The van der Waals surface area contributed by atoms with E-state index in [0.717, 1.165) is 5.56 Å². The van der Waals surface area contributed by atoms with Gasteiger partial charge in [-0.05, 0) is 38.5 Å². The van der Waals surface area contributed by atoms with Crippen molar-refractivity contribution in [1.29, 1.82) is 0 Å². The van der Waals surface area contributed by atoms with Gasteiger partial charge in [-0.3, -0.25) is 4.99 Å². The van der Waals surface area contributed by atoms with E-state index in [9.17, 15) is 8.42 Å². The lowest BCUT2D eigenvalue weighted by atomic mass is 10.2. The number of benzene rings is 1. The van der Waals surface area contributed by atoms with E-state index in [2.05, 4.69) is 15.6 Å². The zero-order valence-corrected chi connectivity index (χ0v) is 18.8. The van der Waals surface area contributed by atoms with Crippen molar-refractivity contribution in [3.05, 3.63) is 33.8 Å². The maximum Gasteiger partial charge on any atom is 0.191 e. The van der Waals surface area contributed by atoms with E-state index < -0.39 is 14.6 Å². The molecule has 0 aliphatic rings. The highest BCUT2D eigenvalue weighted by Crippen LogP contribution is 2.20. The summed E-state index contributed by atoms with van der Waals surface area (Å²) in [6.45, 7) is 5.82. The van der Waals surface area contributed by atoms with Crippen molar-refractivity contribution >= 4 is 63.0 Å². The van der Waals surface area contributed by atoms with Gasteiger partial charge in [-0.2, -0.15) is 0 Å². The Hall–Kier alpha value is -0.250. The van der Waals surface area contributed by atoms with Crippen LogP contribution in [0.1, 0.15) is 26.3 Å². The highest BCUT2D eigenvalue weighted by atomic mass is 127. The second kappa shape index (κ2) is 10.0. The van der Waals surface area contributed by atoms with Crippen LogP contribution in [0.5, 0.6) is 0 Å². The fourth-order valence-corrected chi connectivity index (χ4v) is 3.13. The van der Waals surface area contributed by atoms with E-state index in [1.165, 1.54) is 0 Å². The number of sulfone groups is 1. The second-order valence-corrected chi connectivity index (χ2v) is 9.73. The number of rotatable bonds is 5. The summed E-state index contributed by atoms with van der Waals surface area (Å²) in [5.74, 6) is 0.555. The first kappa shape index (κ1) is 23.8. The van der Waals surface area contributed by atoms with Crippen molar-refractivity contribution in [2.45, 2.75) is 32.1 Å². The van der Waals surface area contributed by atoms with Gasteiger partial charge in [0.1, 0.15) is 0 Å². The van der Waals surface area contributed by atoms with E-state index >= 15 is 0 Å². The predicted molar refractivity (Wildman–Crippen MR) is 114 cm³/mol. The summed E-state index contributed by atoms with van der Waals surface area (Å²) in [5, 5.41) is 7.22.